The fourth-order valence-electron chi connectivity index (χ4n) is 3.75. The molecule has 0 aliphatic carbocycles. The van der Waals surface area contributed by atoms with Crippen molar-refractivity contribution in [3.05, 3.63) is 58.2 Å². The average molecular weight is 574 g/mol. The van der Waals surface area contributed by atoms with Crippen LogP contribution in [0.4, 0.5) is 10.1 Å². The number of carbonyl (C=O) groups is 3. The predicted molar refractivity (Wildman–Crippen MR) is 139 cm³/mol. The van der Waals surface area contributed by atoms with E-state index < -0.39 is 30.0 Å². The standard InChI is InChI=1S/C24H25BrFN7O4/c1-37-22(35)8-18(13-3-2-4-15(25)5-13)31-21(34)12-27-23(36)14-6-19(17-11-30-33-20(17)7-14)32-24-28-9-16(26)10-29-24/h2-7,11,16,18H,8-10,12H2,1H3,(H,27,36)(H,30,33)(H,31,34)(H2,28,29,32)/t18-/m0/s1. The van der Waals surface area contributed by atoms with Gasteiger partial charge in [0.25, 0.3) is 5.91 Å². The van der Waals surface area contributed by atoms with Gasteiger partial charge in [-0.15, -0.1) is 0 Å². The summed E-state index contributed by atoms with van der Waals surface area (Å²) in [5.74, 6) is -1.08. The van der Waals surface area contributed by atoms with Crippen LogP contribution in [-0.4, -0.2) is 66.9 Å². The Labute approximate surface area is 219 Å². The number of guanidine groups is 1. The number of nitrogens with one attached hydrogen (secondary N) is 5. The molecule has 2 aromatic carbocycles. The lowest BCUT2D eigenvalue weighted by Gasteiger charge is -2.19. The maximum atomic E-state index is 13.4. The second-order valence-electron chi connectivity index (χ2n) is 8.29. The van der Waals surface area contributed by atoms with E-state index in [0.29, 0.717) is 28.1 Å². The van der Waals surface area contributed by atoms with Crippen LogP contribution < -0.4 is 21.3 Å². The molecule has 0 fully saturated rings. The quantitative estimate of drug-likeness (QED) is 0.259. The van der Waals surface area contributed by atoms with Gasteiger partial charge in [0.15, 0.2) is 5.96 Å². The Morgan fingerprint density at radius 1 is 1.27 bits per heavy atom. The number of H-pyrrole nitrogens is 1. The first-order valence-electron chi connectivity index (χ1n) is 11.4. The van der Waals surface area contributed by atoms with Crippen LogP contribution in [0.2, 0.25) is 0 Å². The van der Waals surface area contributed by atoms with E-state index in [4.69, 9.17) is 4.74 Å². The third-order valence-corrected chi connectivity index (χ3v) is 6.10. The number of amides is 2. The normalized spacial score (nSPS) is 15.8. The number of alkyl halides is 1. The van der Waals surface area contributed by atoms with Crippen molar-refractivity contribution in [3.63, 3.8) is 0 Å². The van der Waals surface area contributed by atoms with E-state index >= 15 is 0 Å². The first kappa shape index (κ1) is 26.1. The van der Waals surface area contributed by atoms with Gasteiger partial charge in [-0.1, -0.05) is 28.1 Å². The van der Waals surface area contributed by atoms with Crippen LogP contribution in [0.1, 0.15) is 28.4 Å². The SMILES string of the molecule is COC(=O)C[C@H](NC(=O)CNC(=O)c1cc(NC2=NCC(F)CN2)c2cn[nH]c2c1)c1cccc(Br)c1. The number of carbonyl (C=O) groups excluding carboxylic acids is 3. The van der Waals surface area contributed by atoms with E-state index in [-0.39, 0.29) is 31.6 Å². The third-order valence-electron chi connectivity index (χ3n) is 5.61. The molecule has 1 aliphatic rings. The van der Waals surface area contributed by atoms with Gasteiger partial charge in [0.2, 0.25) is 5.91 Å². The minimum absolute atomic E-state index is 0.0378. The lowest BCUT2D eigenvalue weighted by Crippen LogP contribution is -2.41. The molecule has 0 spiro atoms. The predicted octanol–water partition coefficient (Wildman–Crippen LogP) is 2.19. The largest absolute Gasteiger partial charge is 0.469 e. The maximum Gasteiger partial charge on any atom is 0.307 e. The van der Waals surface area contributed by atoms with Crippen molar-refractivity contribution in [1.82, 2.24) is 26.1 Å². The van der Waals surface area contributed by atoms with Crippen LogP contribution in [0, 0.1) is 0 Å². The molecule has 1 aromatic heterocycles. The van der Waals surface area contributed by atoms with Crippen molar-refractivity contribution in [2.24, 2.45) is 4.99 Å². The topological polar surface area (TPSA) is 150 Å². The highest BCUT2D eigenvalue weighted by atomic mass is 79.9. The average Bonchev–Trinajstić information content (AvgIpc) is 3.37. The number of aromatic nitrogens is 2. The molecule has 0 radical (unpaired) electrons. The summed E-state index contributed by atoms with van der Waals surface area (Å²) in [4.78, 5) is 41.6. The molecule has 13 heteroatoms. The Kier molecular flexibility index (Phi) is 8.33. The molecular weight excluding hydrogens is 549 g/mol. The zero-order chi connectivity index (χ0) is 26.4. The smallest absolute Gasteiger partial charge is 0.307 e. The van der Waals surface area contributed by atoms with Gasteiger partial charge in [0.05, 0.1) is 56.6 Å². The monoisotopic (exact) mass is 573 g/mol. The molecule has 2 amide bonds. The van der Waals surface area contributed by atoms with E-state index in [0.717, 1.165) is 4.47 Å². The van der Waals surface area contributed by atoms with Crippen molar-refractivity contribution in [2.75, 3.05) is 32.1 Å². The zero-order valence-corrected chi connectivity index (χ0v) is 21.4. The van der Waals surface area contributed by atoms with E-state index in [9.17, 15) is 18.8 Å². The van der Waals surface area contributed by atoms with Crippen molar-refractivity contribution in [1.29, 1.82) is 0 Å². The van der Waals surface area contributed by atoms with Gasteiger partial charge < -0.3 is 26.0 Å². The van der Waals surface area contributed by atoms with Gasteiger partial charge >= 0.3 is 5.97 Å². The van der Waals surface area contributed by atoms with Crippen LogP contribution in [0.15, 0.2) is 52.1 Å². The number of ether oxygens (including phenoxy) is 1. The highest BCUT2D eigenvalue weighted by molar-refractivity contribution is 9.10. The summed E-state index contributed by atoms with van der Waals surface area (Å²) in [6.45, 7) is -0.150. The van der Waals surface area contributed by atoms with Crippen LogP contribution in [0.5, 0.6) is 0 Å². The molecule has 2 heterocycles. The minimum atomic E-state index is -1.06. The molecule has 0 bridgehead atoms. The molecule has 3 aromatic rings. The second-order valence-corrected chi connectivity index (χ2v) is 9.20. The second kappa shape index (κ2) is 11.8. The highest BCUT2D eigenvalue weighted by Crippen LogP contribution is 2.25. The molecule has 194 valence electrons. The van der Waals surface area contributed by atoms with E-state index in [2.05, 4.69) is 52.4 Å². The number of benzene rings is 2. The summed E-state index contributed by atoms with van der Waals surface area (Å²) >= 11 is 3.38. The van der Waals surface area contributed by atoms with Gasteiger partial charge in [-0.05, 0) is 29.8 Å². The molecule has 37 heavy (non-hydrogen) atoms. The number of halogens is 2. The van der Waals surface area contributed by atoms with Gasteiger partial charge in [-0.2, -0.15) is 5.10 Å². The Morgan fingerprint density at radius 3 is 2.84 bits per heavy atom. The van der Waals surface area contributed by atoms with E-state index in [1.807, 2.05) is 6.07 Å². The molecule has 0 saturated heterocycles. The summed E-state index contributed by atoms with van der Waals surface area (Å²) < 4.78 is 18.9. The zero-order valence-electron chi connectivity index (χ0n) is 19.8. The fraction of sp³-hybridized carbons (Fsp3) is 0.292. The molecule has 1 unspecified atom stereocenters. The Balaban J connectivity index is 1.43. The van der Waals surface area contributed by atoms with Crippen molar-refractivity contribution in [3.8, 4) is 0 Å². The first-order chi connectivity index (χ1) is 17.8. The molecule has 0 saturated carbocycles. The number of hydrogen-bond donors (Lipinski definition) is 5. The van der Waals surface area contributed by atoms with Gasteiger partial charge in [0, 0.05) is 15.4 Å². The van der Waals surface area contributed by atoms with Gasteiger partial charge in [0.1, 0.15) is 6.17 Å². The van der Waals surface area contributed by atoms with Crippen LogP contribution in [0.3, 0.4) is 0 Å². The molecule has 11 nitrogen and oxygen atoms in total. The number of methoxy groups -OCH3 is 1. The fourth-order valence-corrected chi connectivity index (χ4v) is 4.17. The van der Waals surface area contributed by atoms with Gasteiger partial charge in [-0.25, -0.2) is 9.38 Å². The van der Waals surface area contributed by atoms with Crippen molar-refractivity contribution in [2.45, 2.75) is 18.6 Å². The lowest BCUT2D eigenvalue weighted by atomic mass is 10.0. The van der Waals surface area contributed by atoms with Crippen molar-refractivity contribution >= 4 is 56.3 Å². The van der Waals surface area contributed by atoms with Gasteiger partial charge in [-0.3, -0.25) is 19.5 Å². The lowest BCUT2D eigenvalue weighted by molar-refractivity contribution is -0.141. The Hall–Kier alpha value is -4.00. The summed E-state index contributed by atoms with van der Waals surface area (Å²) in [7, 11) is 1.27. The highest BCUT2D eigenvalue weighted by Gasteiger charge is 2.21. The minimum Gasteiger partial charge on any atom is -0.469 e. The van der Waals surface area contributed by atoms with E-state index in [1.54, 1.807) is 36.5 Å². The van der Waals surface area contributed by atoms with Crippen LogP contribution >= 0.6 is 15.9 Å². The number of fused-ring (bicyclic) bond motifs is 1. The molecule has 1 aliphatic heterocycles. The summed E-state index contributed by atoms with van der Waals surface area (Å²) in [5.41, 5.74) is 2.10. The number of aliphatic imine (C=N–C) groups is 1. The summed E-state index contributed by atoms with van der Waals surface area (Å²) in [6, 6.07) is 9.76. The molecule has 5 N–H and O–H groups in total. The molecule has 4 rings (SSSR count). The summed E-state index contributed by atoms with van der Waals surface area (Å²) in [5, 5.41) is 18.8. The first-order valence-corrected chi connectivity index (χ1v) is 12.2. The summed E-state index contributed by atoms with van der Waals surface area (Å²) in [6.07, 6.45) is 0.468. The van der Waals surface area contributed by atoms with E-state index in [1.165, 1.54) is 7.11 Å². The van der Waals surface area contributed by atoms with Crippen LogP contribution in [0.25, 0.3) is 10.9 Å². The number of hydrogen-bond acceptors (Lipinski definition) is 8. The third kappa shape index (κ3) is 6.82. The maximum absolute atomic E-state index is 13.4. The Morgan fingerprint density at radius 2 is 2.11 bits per heavy atom. The molecule has 2 atom stereocenters. The number of rotatable bonds is 8. The number of nitrogens with zero attached hydrogens (tertiary/aromatic N) is 2. The number of aromatic amines is 1. The Bertz CT molecular complexity index is 1350. The van der Waals surface area contributed by atoms with Crippen molar-refractivity contribution < 1.29 is 23.5 Å². The molecular formula is C24H25BrFN7O4. The van der Waals surface area contributed by atoms with Crippen LogP contribution in [-0.2, 0) is 14.3 Å². The number of esters is 1. The number of anilines is 1.